The maximum Gasteiger partial charge on any atom is 0.0735 e. The van der Waals surface area contributed by atoms with E-state index in [1.807, 2.05) is 11.8 Å². The summed E-state index contributed by atoms with van der Waals surface area (Å²) in [6.07, 6.45) is 6.97. The largest absolute Gasteiger partial charge is 0.373 e. The fourth-order valence-electron chi connectivity index (χ4n) is 1.65. The van der Waals surface area contributed by atoms with Crippen LogP contribution in [0.1, 0.15) is 47.5 Å². The Morgan fingerprint density at radius 1 is 1.53 bits per heavy atom. The average Bonchev–Trinajstić information content (AvgIpc) is 2.70. The molecule has 0 radical (unpaired) electrons. The Hall–Kier alpha value is -0.630. The molecule has 0 aromatic rings. The van der Waals surface area contributed by atoms with Crippen LogP contribution in [-0.2, 0) is 0 Å². The molecule has 1 aliphatic heterocycles. The second-order valence-corrected chi connectivity index (χ2v) is 6.14. The molecule has 0 spiro atoms. The first kappa shape index (κ1) is 14.4. The van der Waals surface area contributed by atoms with Gasteiger partial charge in [-0.3, -0.25) is 0 Å². The number of hydrogen-bond acceptors (Lipinski definition) is 2. The summed E-state index contributed by atoms with van der Waals surface area (Å²) in [5.74, 6) is 0.625. The SMILES string of the molecule is CC/C(C)=C\C[C@H](C)/C(C)=C/C1=CSC(C)N1. The van der Waals surface area contributed by atoms with Crippen molar-refractivity contribution < 1.29 is 0 Å². The zero-order valence-corrected chi connectivity index (χ0v) is 12.5. The highest BCUT2D eigenvalue weighted by atomic mass is 32.2. The summed E-state index contributed by atoms with van der Waals surface area (Å²) in [4.78, 5) is 0. The van der Waals surface area contributed by atoms with E-state index < -0.39 is 0 Å². The Kier molecular flexibility index (Phi) is 5.90. The molecule has 0 fully saturated rings. The minimum Gasteiger partial charge on any atom is -0.373 e. The van der Waals surface area contributed by atoms with Crippen LogP contribution in [0.4, 0.5) is 0 Å². The minimum atomic E-state index is 0.520. The molecule has 0 aliphatic carbocycles. The van der Waals surface area contributed by atoms with Crippen LogP contribution >= 0.6 is 11.8 Å². The zero-order chi connectivity index (χ0) is 12.8. The quantitative estimate of drug-likeness (QED) is 0.702. The summed E-state index contributed by atoms with van der Waals surface area (Å²) >= 11 is 1.85. The molecule has 1 nitrogen and oxygen atoms in total. The van der Waals surface area contributed by atoms with E-state index in [9.17, 15) is 0 Å². The van der Waals surface area contributed by atoms with Gasteiger partial charge in [-0.05, 0) is 51.0 Å². The van der Waals surface area contributed by atoms with E-state index in [0.29, 0.717) is 11.3 Å². The van der Waals surface area contributed by atoms with Crippen molar-refractivity contribution in [2.24, 2.45) is 5.92 Å². The van der Waals surface area contributed by atoms with E-state index in [1.165, 1.54) is 16.8 Å². The second-order valence-electron chi connectivity index (χ2n) is 4.92. The molecule has 1 heterocycles. The van der Waals surface area contributed by atoms with Gasteiger partial charge >= 0.3 is 0 Å². The van der Waals surface area contributed by atoms with Crippen molar-refractivity contribution in [1.29, 1.82) is 0 Å². The molecule has 1 rings (SSSR count). The highest BCUT2D eigenvalue weighted by molar-refractivity contribution is 8.02. The van der Waals surface area contributed by atoms with Gasteiger partial charge < -0.3 is 5.32 Å². The summed E-state index contributed by atoms with van der Waals surface area (Å²) in [6, 6.07) is 0. The summed E-state index contributed by atoms with van der Waals surface area (Å²) < 4.78 is 0. The third kappa shape index (κ3) is 5.03. The normalized spacial score (nSPS) is 23.4. The lowest BCUT2D eigenvalue weighted by Crippen LogP contribution is -2.15. The smallest absolute Gasteiger partial charge is 0.0735 e. The van der Waals surface area contributed by atoms with Gasteiger partial charge in [0.25, 0.3) is 0 Å². The third-order valence-corrected chi connectivity index (χ3v) is 4.22. The van der Waals surface area contributed by atoms with E-state index in [1.54, 1.807) is 0 Å². The van der Waals surface area contributed by atoms with Gasteiger partial charge in [-0.2, -0.15) is 0 Å². The lowest BCUT2D eigenvalue weighted by Gasteiger charge is -2.11. The standard InChI is InChI=1S/C15H25NS/c1-6-11(2)7-8-12(3)13(4)9-15-10-17-14(5)16-15/h7,9-10,12,14,16H,6,8H2,1-5H3/b11-7-,13-9+/t12-,14?/m0/s1. The van der Waals surface area contributed by atoms with Gasteiger partial charge in [0.15, 0.2) is 0 Å². The predicted molar refractivity (Wildman–Crippen MR) is 79.9 cm³/mol. The predicted octanol–water partition coefficient (Wildman–Crippen LogP) is 4.84. The minimum absolute atomic E-state index is 0.520. The van der Waals surface area contributed by atoms with Crippen molar-refractivity contribution in [3.8, 4) is 0 Å². The number of allylic oxidation sites excluding steroid dienone is 4. The van der Waals surface area contributed by atoms with E-state index in [-0.39, 0.29) is 0 Å². The first-order valence-corrected chi connectivity index (χ1v) is 7.43. The highest BCUT2D eigenvalue weighted by Crippen LogP contribution is 2.24. The Bertz CT molecular complexity index is 339. The zero-order valence-electron chi connectivity index (χ0n) is 11.7. The Morgan fingerprint density at radius 3 is 2.76 bits per heavy atom. The molecule has 0 aromatic carbocycles. The molecule has 0 saturated heterocycles. The summed E-state index contributed by atoms with van der Waals surface area (Å²) in [5.41, 5.74) is 4.22. The van der Waals surface area contributed by atoms with Crippen LogP contribution in [0.5, 0.6) is 0 Å². The monoisotopic (exact) mass is 251 g/mol. The Labute approximate surface area is 110 Å². The molecular weight excluding hydrogens is 226 g/mol. The van der Waals surface area contributed by atoms with Gasteiger partial charge in [0.2, 0.25) is 0 Å². The molecule has 17 heavy (non-hydrogen) atoms. The van der Waals surface area contributed by atoms with Crippen LogP contribution in [0.15, 0.2) is 34.4 Å². The summed E-state index contributed by atoms with van der Waals surface area (Å²) in [6.45, 7) is 11.2. The Morgan fingerprint density at radius 2 is 2.24 bits per heavy atom. The first-order valence-electron chi connectivity index (χ1n) is 6.49. The molecule has 0 amide bonds. The summed E-state index contributed by atoms with van der Waals surface area (Å²) in [7, 11) is 0. The van der Waals surface area contributed by atoms with Gasteiger partial charge in [0, 0.05) is 5.70 Å². The number of thioether (sulfide) groups is 1. The molecular formula is C15H25NS. The lowest BCUT2D eigenvalue weighted by molar-refractivity contribution is 0.687. The van der Waals surface area contributed by atoms with Crippen molar-refractivity contribution in [3.63, 3.8) is 0 Å². The lowest BCUT2D eigenvalue weighted by atomic mass is 9.96. The van der Waals surface area contributed by atoms with Crippen LogP contribution in [0.25, 0.3) is 0 Å². The number of nitrogens with one attached hydrogen (secondary N) is 1. The molecule has 1 aliphatic rings. The first-order chi connectivity index (χ1) is 8.02. The fraction of sp³-hybridized carbons (Fsp3) is 0.600. The van der Waals surface area contributed by atoms with Gasteiger partial charge in [-0.25, -0.2) is 0 Å². The van der Waals surface area contributed by atoms with Crippen molar-refractivity contribution in [2.75, 3.05) is 0 Å². The van der Waals surface area contributed by atoms with E-state index in [0.717, 1.165) is 12.8 Å². The third-order valence-electron chi connectivity index (χ3n) is 3.31. The van der Waals surface area contributed by atoms with Crippen molar-refractivity contribution in [2.45, 2.75) is 52.8 Å². The molecule has 0 bridgehead atoms. The summed E-state index contributed by atoms with van der Waals surface area (Å²) in [5, 5.41) is 6.18. The van der Waals surface area contributed by atoms with Crippen molar-refractivity contribution in [3.05, 3.63) is 34.4 Å². The topological polar surface area (TPSA) is 12.0 Å². The van der Waals surface area contributed by atoms with Crippen molar-refractivity contribution >= 4 is 11.8 Å². The maximum atomic E-state index is 3.45. The van der Waals surface area contributed by atoms with Gasteiger partial charge in [-0.15, -0.1) is 11.8 Å². The van der Waals surface area contributed by atoms with Crippen LogP contribution in [0, 0.1) is 5.92 Å². The maximum absolute atomic E-state index is 3.45. The second kappa shape index (κ2) is 6.95. The molecule has 0 saturated carbocycles. The van der Waals surface area contributed by atoms with Crippen LogP contribution < -0.4 is 5.32 Å². The van der Waals surface area contributed by atoms with Gasteiger partial charge in [0.1, 0.15) is 0 Å². The van der Waals surface area contributed by atoms with Crippen LogP contribution in [0.3, 0.4) is 0 Å². The molecule has 0 aromatic heterocycles. The molecule has 1 unspecified atom stereocenters. The van der Waals surface area contributed by atoms with Crippen molar-refractivity contribution in [1.82, 2.24) is 5.32 Å². The van der Waals surface area contributed by atoms with E-state index in [2.05, 4.69) is 57.5 Å². The molecule has 2 heteroatoms. The van der Waals surface area contributed by atoms with E-state index in [4.69, 9.17) is 0 Å². The van der Waals surface area contributed by atoms with Gasteiger partial charge in [0.05, 0.1) is 5.37 Å². The van der Waals surface area contributed by atoms with Gasteiger partial charge in [-0.1, -0.05) is 31.1 Å². The van der Waals surface area contributed by atoms with E-state index >= 15 is 0 Å². The fourth-order valence-corrected chi connectivity index (χ4v) is 2.34. The van der Waals surface area contributed by atoms with Crippen LogP contribution in [0.2, 0.25) is 0 Å². The highest BCUT2D eigenvalue weighted by Gasteiger charge is 2.10. The number of rotatable bonds is 5. The average molecular weight is 251 g/mol. The molecule has 1 N–H and O–H groups in total. The van der Waals surface area contributed by atoms with Crippen LogP contribution in [-0.4, -0.2) is 5.37 Å². The Balaban J connectivity index is 2.51. The molecule has 2 atom stereocenters. The molecule has 96 valence electrons. The number of hydrogen-bond donors (Lipinski definition) is 1.